The van der Waals surface area contributed by atoms with E-state index in [1.807, 2.05) is 84.9 Å². The number of nitriles is 3. The molecule has 0 atom stereocenters. The smallest absolute Gasteiger partial charge is 0.252 e. The van der Waals surface area contributed by atoms with E-state index < -0.39 is 17.7 Å². The minimum Gasteiger partial charge on any atom is -0.399 e. The van der Waals surface area contributed by atoms with Crippen LogP contribution in [-0.4, -0.2) is 146 Å². The number of pyridine rings is 6. The Labute approximate surface area is 867 Å². The molecule has 746 valence electrons. The van der Waals surface area contributed by atoms with Gasteiger partial charge < -0.3 is 88.4 Å². The number of rotatable bonds is 19. The number of nitrogens with zero attached hydrogens (tertiary/aromatic N) is 9. The number of aromatic nitrogens is 6. The molecule has 6 aromatic carbocycles. The van der Waals surface area contributed by atoms with Crippen molar-refractivity contribution in [2.24, 2.45) is 22.9 Å². The van der Waals surface area contributed by atoms with Crippen LogP contribution in [0.4, 0.5) is 63.0 Å². The highest BCUT2D eigenvalue weighted by Crippen LogP contribution is 2.37. The zero-order valence-electron chi connectivity index (χ0n) is 78.8. The summed E-state index contributed by atoms with van der Waals surface area (Å²) in [5.41, 5.74) is 43.6. The maximum Gasteiger partial charge on any atom is 0.252 e. The van der Waals surface area contributed by atoms with Gasteiger partial charge in [0.05, 0.1) is 64.8 Å². The number of hydrogen-bond donors (Lipinski definition) is 10. The van der Waals surface area contributed by atoms with E-state index >= 15 is 0 Å². The van der Waals surface area contributed by atoms with Gasteiger partial charge in [0.25, 0.3) is 17.7 Å². The fraction of sp³-hybridized carbons (Fsp3) is 0.327. The molecule has 7 fully saturated rings. The zero-order valence-corrected chi connectivity index (χ0v) is 84.1. The molecule has 0 radical (unpaired) electrons. The quantitative estimate of drug-likeness (QED) is 0.0265. The second-order valence-corrected chi connectivity index (χ2v) is 37.1. The highest BCUT2D eigenvalue weighted by molar-refractivity contribution is 6.35. The molecule has 13 heterocycles. The maximum atomic E-state index is 11.5. The van der Waals surface area contributed by atoms with E-state index in [1.165, 1.54) is 76.6 Å². The minimum atomic E-state index is -0.588. The van der Waals surface area contributed by atoms with Crippen LogP contribution >= 0.6 is 81.2 Å². The Morgan fingerprint density at radius 2 is 0.510 bits per heavy atom. The summed E-state index contributed by atoms with van der Waals surface area (Å²) in [6.45, 7) is 11.9. The number of nitrogens with two attached hydrogens (primary N) is 5. The third-order valence-electron chi connectivity index (χ3n) is 24.6. The Morgan fingerprint density at radius 3 is 0.783 bits per heavy atom. The number of nitrogens with one attached hydrogen (secondary N) is 5. The first kappa shape index (κ1) is 109. The van der Waals surface area contributed by atoms with E-state index in [1.54, 1.807) is 30.3 Å². The standard InChI is InChI=1S/3C17H18ClN3O2.2C17H16ClN3O.C11H15NO.C6H2Cl2N2.C5H11NO/c18-16-9-15(14(10-20-16)17(19)22)21-13-3-1-11(2-4-13)12-5-7-23-8-6-12;2*18-15-9-16(20-10-14(15)17(19)22)21-13-3-1-11(2-4-13)12-5-7-23-8-6-12;18-17-9-16(14(10-19)11-20-17)21-15-3-1-12(2-4-15)13-5-7-22-8-6-13;18-16-9-17(20-11-14(16)10-19)21-15-3-1-12(2-4-15)13-5-7-22-8-6-13;12-11-3-1-9(2-4-11)10-5-7-13-8-6-10;7-5-1-6(8)10-3-4(5)2-9;6-5-1-3-7-4-2-5/h3*1-4,9-10,12H,5-8H2,(H2,19,22)(H,20,21);2*1-4,9,11,13H,5-8H2,(H,20,21);1-4,10H,5-8,12H2;1,3H;5H,1-4,6H2. The van der Waals surface area contributed by atoms with Crippen LogP contribution in [0.2, 0.25) is 35.5 Å². The highest BCUT2D eigenvalue weighted by Gasteiger charge is 2.24. The summed E-state index contributed by atoms with van der Waals surface area (Å²) in [6.07, 6.45) is 23.5. The molecule has 0 saturated carbocycles. The van der Waals surface area contributed by atoms with Crippen LogP contribution < -0.4 is 55.3 Å². The predicted octanol–water partition coefficient (Wildman–Crippen LogP) is 23.5. The molecule has 0 spiro atoms. The van der Waals surface area contributed by atoms with Crippen LogP contribution in [0.5, 0.6) is 0 Å². The second kappa shape index (κ2) is 57.8. The highest BCUT2D eigenvalue weighted by atomic mass is 35.5. The number of hydrogen-bond acceptors (Lipinski definition) is 26. The van der Waals surface area contributed by atoms with Gasteiger partial charge in [0.15, 0.2) is 0 Å². The molecule has 7 aliphatic heterocycles. The average molecular weight is 2070 g/mol. The van der Waals surface area contributed by atoms with Gasteiger partial charge in [0.1, 0.15) is 51.1 Å². The van der Waals surface area contributed by atoms with Crippen molar-refractivity contribution in [1.29, 1.82) is 15.8 Å². The number of halogens is 7. The van der Waals surface area contributed by atoms with E-state index in [0.29, 0.717) is 118 Å². The molecule has 0 aliphatic carbocycles. The topological polar surface area (TPSA) is 455 Å². The van der Waals surface area contributed by atoms with Crippen molar-refractivity contribution in [3.8, 4) is 18.2 Å². The van der Waals surface area contributed by atoms with Gasteiger partial charge in [0.2, 0.25) is 0 Å². The predicted molar refractivity (Wildman–Crippen MR) is 564 cm³/mol. The van der Waals surface area contributed by atoms with Crippen molar-refractivity contribution < 1.29 is 47.5 Å². The van der Waals surface area contributed by atoms with Crippen LogP contribution in [0, 0.1) is 34.0 Å². The molecule has 15 N–H and O–H groups in total. The molecule has 0 unspecified atom stereocenters. The Bertz CT molecular complexity index is 6090. The molecule has 36 heteroatoms. The summed E-state index contributed by atoms with van der Waals surface area (Å²) in [7, 11) is 0. The van der Waals surface area contributed by atoms with Crippen molar-refractivity contribution >= 4 is 162 Å². The van der Waals surface area contributed by atoms with Crippen molar-refractivity contribution in [3.63, 3.8) is 0 Å². The van der Waals surface area contributed by atoms with E-state index in [2.05, 4.69) is 135 Å². The number of anilines is 11. The normalized spacial score (nSPS) is 15.7. The number of carbonyl (C=O) groups is 3. The first-order valence-electron chi connectivity index (χ1n) is 47.1. The number of primary amides is 3. The van der Waals surface area contributed by atoms with E-state index in [9.17, 15) is 14.4 Å². The molecule has 12 aromatic rings. The average Bonchev–Trinajstić information content (AvgIpc) is 0.828. The van der Waals surface area contributed by atoms with Crippen LogP contribution in [0.1, 0.15) is 207 Å². The fourth-order valence-electron chi connectivity index (χ4n) is 16.4. The number of nitrogen functional groups attached to an aromatic ring is 1. The molecule has 143 heavy (non-hydrogen) atoms. The van der Waals surface area contributed by atoms with Crippen molar-refractivity contribution in [1.82, 2.24) is 29.9 Å². The maximum absolute atomic E-state index is 11.5. The summed E-state index contributed by atoms with van der Waals surface area (Å²) in [6, 6.07) is 65.6. The molecule has 19 rings (SSSR count). The minimum absolute atomic E-state index is 0.215. The molecule has 29 nitrogen and oxygen atoms in total. The first-order chi connectivity index (χ1) is 69.4. The fourth-order valence-corrected chi connectivity index (χ4v) is 17.8. The lowest BCUT2D eigenvalue weighted by Crippen LogP contribution is -2.28. The van der Waals surface area contributed by atoms with E-state index in [4.69, 9.17) is 159 Å². The molecule has 0 bridgehead atoms. The summed E-state index contributed by atoms with van der Waals surface area (Å²) in [5, 5.41) is 44.6. The largest absolute Gasteiger partial charge is 0.399 e. The zero-order chi connectivity index (χ0) is 101. The molecule has 6 aromatic heterocycles. The van der Waals surface area contributed by atoms with E-state index in [-0.39, 0.29) is 21.2 Å². The number of carbonyl (C=O) groups excluding carboxylic acids is 3. The van der Waals surface area contributed by atoms with Gasteiger partial charge in [0, 0.05) is 194 Å². The van der Waals surface area contributed by atoms with Crippen LogP contribution in [0.15, 0.2) is 219 Å². The van der Waals surface area contributed by atoms with Crippen LogP contribution in [0.3, 0.4) is 0 Å². The van der Waals surface area contributed by atoms with Gasteiger partial charge in [-0.1, -0.05) is 154 Å². The lowest BCUT2D eigenvalue weighted by atomic mass is 9.92. The number of ether oxygens (including phenoxy) is 7. The Hall–Kier alpha value is -12.4. The van der Waals surface area contributed by atoms with Crippen molar-refractivity contribution in [2.45, 2.75) is 131 Å². The first-order valence-corrected chi connectivity index (χ1v) is 49.7. The molecule has 7 aliphatic rings. The second-order valence-electron chi connectivity index (χ2n) is 34.3. The van der Waals surface area contributed by atoms with Crippen LogP contribution in [0.25, 0.3) is 0 Å². The summed E-state index contributed by atoms with van der Waals surface area (Å²) < 4.78 is 37.4. The summed E-state index contributed by atoms with van der Waals surface area (Å²) in [4.78, 5) is 57.7. The monoisotopic (exact) mass is 2070 g/mol. The van der Waals surface area contributed by atoms with Crippen LogP contribution in [-0.2, 0) is 33.2 Å². The molecule has 3 amide bonds. The Morgan fingerprint density at radius 1 is 0.280 bits per heavy atom. The third-order valence-corrected chi connectivity index (χ3v) is 26.4. The third kappa shape index (κ3) is 35.6. The van der Waals surface area contributed by atoms with Crippen molar-refractivity contribution in [3.05, 3.63) is 321 Å². The molecule has 7 saturated heterocycles. The van der Waals surface area contributed by atoms with Gasteiger partial charge in [-0.3, -0.25) is 14.4 Å². The van der Waals surface area contributed by atoms with Gasteiger partial charge in [-0.05, 0) is 244 Å². The number of benzene rings is 6. The van der Waals surface area contributed by atoms with Gasteiger partial charge in [-0.25, -0.2) is 29.9 Å². The summed E-state index contributed by atoms with van der Waals surface area (Å²) >= 11 is 40.9. The van der Waals surface area contributed by atoms with Gasteiger partial charge in [-0.2, -0.15) is 15.8 Å². The Kier molecular flexibility index (Phi) is 44.2. The lowest BCUT2D eigenvalue weighted by molar-refractivity contribution is 0.0852. The lowest BCUT2D eigenvalue weighted by Gasteiger charge is -2.22. The molecular formula is C107H114Cl7N19O10. The Balaban J connectivity index is 0.000000149. The molecular weight excluding hydrogens is 1960 g/mol. The van der Waals surface area contributed by atoms with Gasteiger partial charge in [-0.15, -0.1) is 0 Å². The van der Waals surface area contributed by atoms with E-state index in [0.717, 1.165) is 217 Å². The SMILES string of the molecule is N#Cc1cnc(Cl)cc1Cl.N#Cc1cnc(Cl)cc1Nc1ccc(C2CCOCC2)cc1.N#Cc1cnc(Nc2ccc(C3CCOCC3)cc2)cc1Cl.NC(=O)c1cnc(Cl)cc1Nc1ccc(C2CCOCC2)cc1.NC(=O)c1cnc(Nc2ccc(C3CCOCC3)cc2)cc1Cl.NC(=O)c1cnc(Nc2ccc(C3CCOCC3)cc2)cc1Cl.NC1CCOCC1.Nc1ccc(C2CCOCC2)cc1. The van der Waals surface area contributed by atoms with Crippen molar-refractivity contribution in [2.75, 3.05) is 125 Å². The summed E-state index contributed by atoms with van der Waals surface area (Å²) in [5.74, 6) is 3.57. The van der Waals surface area contributed by atoms with Gasteiger partial charge >= 0.3 is 0 Å². The number of amides is 3.